The zero-order valence-corrected chi connectivity index (χ0v) is 17.6. The molecule has 4 rings (SSSR count). The van der Waals surface area contributed by atoms with Crippen molar-refractivity contribution in [2.45, 2.75) is 4.90 Å². The molecule has 0 saturated carbocycles. The number of amides is 1. The van der Waals surface area contributed by atoms with E-state index in [0.29, 0.717) is 11.0 Å². The fourth-order valence-corrected chi connectivity index (χ4v) is 4.96. The smallest absolute Gasteiger partial charge is 0.349 e. The van der Waals surface area contributed by atoms with Crippen molar-refractivity contribution >= 4 is 42.8 Å². The van der Waals surface area contributed by atoms with Gasteiger partial charge in [0.05, 0.1) is 4.90 Å². The highest BCUT2D eigenvalue weighted by Gasteiger charge is 2.31. The second-order valence-corrected chi connectivity index (χ2v) is 9.49. The van der Waals surface area contributed by atoms with Crippen LogP contribution < -0.4 is 5.63 Å². The molecule has 0 N–H and O–H groups in total. The van der Waals surface area contributed by atoms with E-state index in [0.717, 1.165) is 4.47 Å². The number of para-hydroxylation sites is 1. The maximum atomic E-state index is 12.8. The van der Waals surface area contributed by atoms with Gasteiger partial charge in [0.15, 0.2) is 0 Å². The van der Waals surface area contributed by atoms with Gasteiger partial charge in [-0.15, -0.1) is 0 Å². The van der Waals surface area contributed by atoms with E-state index in [9.17, 15) is 18.0 Å². The molecule has 9 heteroatoms. The number of piperazine rings is 1. The molecular formula is C20H17BrN2O5S. The lowest BCUT2D eigenvalue weighted by atomic mass is 10.1. The Morgan fingerprint density at radius 1 is 0.966 bits per heavy atom. The van der Waals surface area contributed by atoms with Crippen molar-refractivity contribution in [3.63, 3.8) is 0 Å². The molecule has 1 amide bonds. The van der Waals surface area contributed by atoms with Crippen LogP contribution in [-0.2, 0) is 10.0 Å². The van der Waals surface area contributed by atoms with Crippen LogP contribution in [0.25, 0.3) is 11.0 Å². The zero-order valence-electron chi connectivity index (χ0n) is 15.2. The molecule has 0 spiro atoms. The minimum absolute atomic E-state index is 0.0482. The third-order valence-electron chi connectivity index (χ3n) is 4.85. The first-order chi connectivity index (χ1) is 13.9. The summed E-state index contributed by atoms with van der Waals surface area (Å²) in [6.45, 7) is 0.702. The maximum Gasteiger partial charge on any atom is 0.349 e. The highest BCUT2D eigenvalue weighted by atomic mass is 79.9. The monoisotopic (exact) mass is 476 g/mol. The summed E-state index contributed by atoms with van der Waals surface area (Å²) in [5.41, 5.74) is -0.328. The van der Waals surface area contributed by atoms with Gasteiger partial charge in [0.25, 0.3) is 5.91 Å². The Morgan fingerprint density at radius 2 is 1.62 bits per heavy atom. The van der Waals surface area contributed by atoms with E-state index in [-0.39, 0.29) is 36.6 Å². The molecule has 0 bridgehead atoms. The SMILES string of the molecule is O=C(c1cc2ccccc2oc1=O)N1CCN(S(=O)(=O)c2ccc(Br)cc2)CC1. The van der Waals surface area contributed by atoms with Crippen LogP contribution in [0.5, 0.6) is 0 Å². The molecule has 1 saturated heterocycles. The van der Waals surface area contributed by atoms with Gasteiger partial charge in [-0.2, -0.15) is 4.31 Å². The molecule has 7 nitrogen and oxygen atoms in total. The molecule has 1 aliphatic rings. The molecule has 0 radical (unpaired) electrons. The molecule has 150 valence electrons. The number of sulfonamides is 1. The van der Waals surface area contributed by atoms with Crippen LogP contribution >= 0.6 is 15.9 Å². The van der Waals surface area contributed by atoms with Crippen LogP contribution in [0, 0.1) is 0 Å². The Kier molecular flexibility index (Phi) is 5.28. The first-order valence-electron chi connectivity index (χ1n) is 8.94. The largest absolute Gasteiger partial charge is 0.422 e. The van der Waals surface area contributed by atoms with Gasteiger partial charge in [-0.25, -0.2) is 13.2 Å². The van der Waals surface area contributed by atoms with Crippen LogP contribution in [0.3, 0.4) is 0 Å². The predicted molar refractivity (Wildman–Crippen MR) is 111 cm³/mol. The van der Waals surface area contributed by atoms with Crippen molar-refractivity contribution in [2.75, 3.05) is 26.2 Å². The Bertz CT molecular complexity index is 1230. The number of halogens is 1. The molecule has 2 aromatic carbocycles. The molecular weight excluding hydrogens is 460 g/mol. The van der Waals surface area contributed by atoms with Crippen molar-refractivity contribution < 1.29 is 17.6 Å². The number of hydrogen-bond acceptors (Lipinski definition) is 5. The van der Waals surface area contributed by atoms with E-state index in [2.05, 4.69) is 15.9 Å². The summed E-state index contributed by atoms with van der Waals surface area (Å²) in [7, 11) is -3.64. The van der Waals surface area contributed by atoms with Crippen LogP contribution in [0.15, 0.2) is 73.2 Å². The molecule has 29 heavy (non-hydrogen) atoms. The summed E-state index contributed by atoms with van der Waals surface area (Å²) in [4.78, 5) is 26.7. The van der Waals surface area contributed by atoms with Gasteiger partial charge >= 0.3 is 5.63 Å². The third-order valence-corrected chi connectivity index (χ3v) is 7.29. The third kappa shape index (κ3) is 3.85. The summed E-state index contributed by atoms with van der Waals surface area (Å²) in [5, 5.41) is 0.659. The van der Waals surface area contributed by atoms with Gasteiger partial charge < -0.3 is 9.32 Å². The molecule has 1 aliphatic heterocycles. The summed E-state index contributed by atoms with van der Waals surface area (Å²) < 4.78 is 33.0. The van der Waals surface area contributed by atoms with Crippen molar-refractivity contribution in [1.82, 2.24) is 9.21 Å². The lowest BCUT2D eigenvalue weighted by molar-refractivity contribution is 0.0694. The van der Waals surface area contributed by atoms with Gasteiger partial charge in [-0.1, -0.05) is 34.1 Å². The predicted octanol–water partition coefficient (Wildman–Crippen LogP) is 2.70. The van der Waals surface area contributed by atoms with Crippen molar-refractivity contribution in [3.8, 4) is 0 Å². The fourth-order valence-electron chi connectivity index (χ4n) is 3.27. The molecule has 0 aliphatic carbocycles. The van der Waals surface area contributed by atoms with Gasteiger partial charge in [0, 0.05) is 36.0 Å². The fraction of sp³-hybridized carbons (Fsp3) is 0.200. The lowest BCUT2D eigenvalue weighted by Gasteiger charge is -2.33. The number of carbonyl (C=O) groups is 1. The first kappa shape index (κ1) is 19.8. The van der Waals surface area contributed by atoms with E-state index in [4.69, 9.17) is 4.42 Å². The van der Waals surface area contributed by atoms with Crippen molar-refractivity contribution in [1.29, 1.82) is 0 Å². The van der Waals surface area contributed by atoms with Gasteiger partial charge in [0.2, 0.25) is 10.0 Å². The summed E-state index contributed by atoms with van der Waals surface area (Å²) in [5.74, 6) is -0.454. The first-order valence-corrected chi connectivity index (χ1v) is 11.2. The van der Waals surface area contributed by atoms with Crippen LogP contribution in [0.1, 0.15) is 10.4 Å². The summed E-state index contributed by atoms with van der Waals surface area (Å²) in [6.07, 6.45) is 0. The van der Waals surface area contributed by atoms with Gasteiger partial charge in [-0.05, 0) is 36.4 Å². The van der Waals surface area contributed by atoms with E-state index in [1.807, 2.05) is 0 Å². The number of benzene rings is 2. The van der Waals surface area contributed by atoms with Crippen LogP contribution in [-0.4, -0.2) is 49.7 Å². The quantitative estimate of drug-likeness (QED) is 0.542. The van der Waals surface area contributed by atoms with Crippen molar-refractivity contribution in [3.05, 3.63) is 75.1 Å². The van der Waals surface area contributed by atoms with E-state index >= 15 is 0 Å². The minimum atomic E-state index is -3.64. The normalized spacial score (nSPS) is 15.6. The molecule has 0 unspecified atom stereocenters. The number of fused-ring (bicyclic) bond motifs is 1. The van der Waals surface area contributed by atoms with Crippen LogP contribution in [0.4, 0.5) is 0 Å². The topological polar surface area (TPSA) is 87.9 Å². The van der Waals surface area contributed by atoms with Gasteiger partial charge in [0.1, 0.15) is 11.1 Å². The van der Waals surface area contributed by atoms with E-state index in [1.54, 1.807) is 36.4 Å². The summed E-state index contributed by atoms with van der Waals surface area (Å²) >= 11 is 3.29. The molecule has 1 aromatic heterocycles. The molecule has 2 heterocycles. The van der Waals surface area contributed by atoms with E-state index in [1.165, 1.54) is 27.4 Å². The zero-order chi connectivity index (χ0) is 20.6. The minimum Gasteiger partial charge on any atom is -0.422 e. The average molecular weight is 477 g/mol. The number of hydrogen-bond donors (Lipinski definition) is 0. The van der Waals surface area contributed by atoms with Crippen molar-refractivity contribution in [2.24, 2.45) is 0 Å². The highest BCUT2D eigenvalue weighted by Crippen LogP contribution is 2.21. The lowest BCUT2D eigenvalue weighted by Crippen LogP contribution is -2.51. The average Bonchev–Trinajstić information content (AvgIpc) is 2.73. The molecule has 1 fully saturated rings. The maximum absolute atomic E-state index is 12.8. The number of rotatable bonds is 3. The molecule has 3 aromatic rings. The van der Waals surface area contributed by atoms with Crippen LogP contribution in [0.2, 0.25) is 0 Å². The standard InChI is InChI=1S/C20H17BrN2O5S/c21-15-5-7-16(8-6-15)29(26,27)23-11-9-22(10-12-23)19(24)17-13-14-3-1-2-4-18(14)28-20(17)25/h1-8,13H,9-12H2. The highest BCUT2D eigenvalue weighted by molar-refractivity contribution is 9.10. The Morgan fingerprint density at radius 3 is 2.31 bits per heavy atom. The molecule has 0 atom stereocenters. The van der Waals surface area contributed by atoms with E-state index < -0.39 is 21.6 Å². The Labute approximate surface area is 175 Å². The summed E-state index contributed by atoms with van der Waals surface area (Å²) in [6, 6.07) is 14.9. The van der Waals surface area contributed by atoms with Gasteiger partial charge in [-0.3, -0.25) is 4.79 Å². The Hall–Kier alpha value is -2.49. The number of carbonyl (C=O) groups excluding carboxylic acids is 1. The Balaban J connectivity index is 1.51. The number of nitrogens with zero attached hydrogens (tertiary/aromatic N) is 2. The second kappa shape index (κ2) is 7.74. The second-order valence-electron chi connectivity index (χ2n) is 6.64.